The SMILES string of the molecule is NC(c1ccc(F)cc1)c1cc(F)c(Br)cc1F. The van der Waals surface area contributed by atoms with E-state index in [9.17, 15) is 13.2 Å². The molecule has 0 saturated carbocycles. The van der Waals surface area contributed by atoms with Crippen molar-refractivity contribution in [1.82, 2.24) is 0 Å². The Morgan fingerprint density at radius 3 is 2.17 bits per heavy atom. The Kier molecular flexibility index (Phi) is 3.73. The lowest BCUT2D eigenvalue weighted by Gasteiger charge is -2.14. The molecule has 0 aliphatic carbocycles. The average Bonchev–Trinajstić information content (AvgIpc) is 2.34. The molecule has 0 saturated heterocycles. The van der Waals surface area contributed by atoms with Gasteiger partial charge in [0.05, 0.1) is 10.5 Å². The first-order valence-electron chi connectivity index (χ1n) is 5.14. The van der Waals surface area contributed by atoms with Crippen molar-refractivity contribution in [3.63, 3.8) is 0 Å². The van der Waals surface area contributed by atoms with Crippen LogP contribution in [0, 0.1) is 17.5 Å². The quantitative estimate of drug-likeness (QED) is 0.835. The summed E-state index contributed by atoms with van der Waals surface area (Å²) in [6.45, 7) is 0. The van der Waals surface area contributed by atoms with Gasteiger partial charge in [-0.1, -0.05) is 12.1 Å². The Balaban J connectivity index is 2.42. The van der Waals surface area contributed by atoms with Crippen molar-refractivity contribution >= 4 is 15.9 Å². The molecule has 2 aromatic carbocycles. The van der Waals surface area contributed by atoms with Crippen molar-refractivity contribution < 1.29 is 13.2 Å². The minimum absolute atomic E-state index is 0.0299. The predicted molar refractivity (Wildman–Crippen MR) is 66.5 cm³/mol. The summed E-state index contributed by atoms with van der Waals surface area (Å²) >= 11 is 2.89. The van der Waals surface area contributed by atoms with Crippen molar-refractivity contribution in [3.8, 4) is 0 Å². The summed E-state index contributed by atoms with van der Waals surface area (Å²) in [5.74, 6) is -1.61. The lowest BCUT2D eigenvalue weighted by Crippen LogP contribution is -2.14. The third-order valence-electron chi connectivity index (χ3n) is 2.60. The van der Waals surface area contributed by atoms with Gasteiger partial charge < -0.3 is 5.73 Å². The summed E-state index contributed by atoms with van der Waals surface area (Å²) in [5, 5.41) is 0. The third-order valence-corrected chi connectivity index (χ3v) is 3.21. The first-order chi connectivity index (χ1) is 8.49. The van der Waals surface area contributed by atoms with Gasteiger partial charge in [-0.3, -0.25) is 0 Å². The number of halogens is 4. The molecular weight excluding hydrogens is 307 g/mol. The van der Waals surface area contributed by atoms with E-state index < -0.39 is 23.5 Å². The largest absolute Gasteiger partial charge is 0.320 e. The van der Waals surface area contributed by atoms with Gasteiger partial charge in [-0.05, 0) is 45.8 Å². The normalized spacial score (nSPS) is 12.5. The lowest BCUT2D eigenvalue weighted by atomic mass is 9.99. The Labute approximate surface area is 111 Å². The van der Waals surface area contributed by atoms with E-state index in [0.717, 1.165) is 12.1 Å². The summed E-state index contributed by atoms with van der Waals surface area (Å²) in [6, 6.07) is 6.55. The zero-order valence-electron chi connectivity index (χ0n) is 9.13. The lowest BCUT2D eigenvalue weighted by molar-refractivity contribution is 0.571. The monoisotopic (exact) mass is 315 g/mol. The number of rotatable bonds is 2. The molecular formula is C13H9BrF3N. The number of hydrogen-bond acceptors (Lipinski definition) is 1. The van der Waals surface area contributed by atoms with Crippen LogP contribution in [0.15, 0.2) is 40.9 Å². The van der Waals surface area contributed by atoms with Crippen LogP contribution in [-0.4, -0.2) is 0 Å². The fourth-order valence-corrected chi connectivity index (χ4v) is 1.94. The zero-order chi connectivity index (χ0) is 13.3. The van der Waals surface area contributed by atoms with Crippen molar-refractivity contribution in [3.05, 3.63) is 69.4 Å². The van der Waals surface area contributed by atoms with Crippen LogP contribution in [0.5, 0.6) is 0 Å². The van der Waals surface area contributed by atoms with Crippen molar-refractivity contribution in [2.75, 3.05) is 0 Å². The molecule has 2 rings (SSSR count). The highest BCUT2D eigenvalue weighted by atomic mass is 79.9. The predicted octanol–water partition coefficient (Wildman–Crippen LogP) is 3.91. The second-order valence-electron chi connectivity index (χ2n) is 3.82. The summed E-state index contributed by atoms with van der Waals surface area (Å²) in [4.78, 5) is 0. The summed E-state index contributed by atoms with van der Waals surface area (Å²) in [7, 11) is 0. The van der Waals surface area contributed by atoms with Gasteiger partial charge in [-0.15, -0.1) is 0 Å². The van der Waals surface area contributed by atoms with Gasteiger partial charge in [-0.25, -0.2) is 13.2 Å². The van der Waals surface area contributed by atoms with E-state index in [1.165, 1.54) is 24.3 Å². The van der Waals surface area contributed by atoms with E-state index in [4.69, 9.17) is 5.73 Å². The molecule has 0 aliphatic rings. The molecule has 2 N–H and O–H groups in total. The van der Waals surface area contributed by atoms with E-state index in [2.05, 4.69) is 15.9 Å². The molecule has 0 fully saturated rings. The van der Waals surface area contributed by atoms with Gasteiger partial charge in [0, 0.05) is 5.56 Å². The van der Waals surface area contributed by atoms with E-state index in [-0.39, 0.29) is 10.0 Å². The summed E-state index contributed by atoms with van der Waals surface area (Å²) < 4.78 is 39.9. The van der Waals surface area contributed by atoms with Crippen LogP contribution in [-0.2, 0) is 0 Å². The van der Waals surface area contributed by atoms with Crippen LogP contribution < -0.4 is 5.73 Å². The van der Waals surface area contributed by atoms with Crippen molar-refractivity contribution in [1.29, 1.82) is 0 Å². The molecule has 1 unspecified atom stereocenters. The van der Waals surface area contributed by atoms with Crippen LogP contribution in [0.2, 0.25) is 0 Å². The minimum atomic E-state index is -0.840. The van der Waals surface area contributed by atoms with Crippen LogP contribution in [0.3, 0.4) is 0 Å². The van der Waals surface area contributed by atoms with Gasteiger partial charge in [0.15, 0.2) is 0 Å². The first kappa shape index (κ1) is 13.1. The molecule has 18 heavy (non-hydrogen) atoms. The Hall–Kier alpha value is -1.33. The molecule has 1 nitrogen and oxygen atoms in total. The average molecular weight is 316 g/mol. The van der Waals surface area contributed by atoms with Crippen molar-refractivity contribution in [2.24, 2.45) is 5.73 Å². The molecule has 2 aromatic rings. The van der Waals surface area contributed by atoms with Gasteiger partial charge in [0.25, 0.3) is 0 Å². The molecule has 0 aromatic heterocycles. The zero-order valence-corrected chi connectivity index (χ0v) is 10.7. The smallest absolute Gasteiger partial charge is 0.137 e. The van der Waals surface area contributed by atoms with E-state index in [1.807, 2.05) is 0 Å². The fourth-order valence-electron chi connectivity index (χ4n) is 1.63. The van der Waals surface area contributed by atoms with Crippen molar-refractivity contribution in [2.45, 2.75) is 6.04 Å². The second-order valence-corrected chi connectivity index (χ2v) is 4.67. The molecule has 0 spiro atoms. The summed E-state index contributed by atoms with van der Waals surface area (Å²) in [6.07, 6.45) is 0. The van der Waals surface area contributed by atoms with Gasteiger partial charge in [-0.2, -0.15) is 0 Å². The highest BCUT2D eigenvalue weighted by Gasteiger charge is 2.16. The van der Waals surface area contributed by atoms with Crippen LogP contribution in [0.1, 0.15) is 17.2 Å². The molecule has 5 heteroatoms. The number of hydrogen-bond donors (Lipinski definition) is 1. The molecule has 0 bridgehead atoms. The molecule has 94 valence electrons. The van der Waals surface area contributed by atoms with Gasteiger partial charge in [0.1, 0.15) is 17.5 Å². The Morgan fingerprint density at radius 2 is 1.56 bits per heavy atom. The minimum Gasteiger partial charge on any atom is -0.320 e. The molecule has 0 heterocycles. The second kappa shape index (κ2) is 5.12. The van der Waals surface area contributed by atoms with Crippen LogP contribution in [0.4, 0.5) is 13.2 Å². The Morgan fingerprint density at radius 1 is 0.944 bits per heavy atom. The van der Waals surface area contributed by atoms with E-state index in [1.54, 1.807) is 0 Å². The highest BCUT2D eigenvalue weighted by Crippen LogP contribution is 2.27. The maximum absolute atomic E-state index is 13.7. The van der Waals surface area contributed by atoms with E-state index in [0.29, 0.717) is 5.56 Å². The van der Waals surface area contributed by atoms with Gasteiger partial charge in [0.2, 0.25) is 0 Å². The first-order valence-corrected chi connectivity index (χ1v) is 5.94. The Bertz CT molecular complexity index is 569. The fraction of sp³-hybridized carbons (Fsp3) is 0.0769. The molecule has 0 aliphatic heterocycles. The maximum Gasteiger partial charge on any atom is 0.137 e. The standard InChI is InChI=1S/C13H9BrF3N/c14-10-6-11(16)9(5-12(10)17)13(18)7-1-3-8(15)4-2-7/h1-6,13H,18H2. The molecule has 0 radical (unpaired) electrons. The summed E-state index contributed by atoms with van der Waals surface area (Å²) in [5.41, 5.74) is 6.38. The topological polar surface area (TPSA) is 26.0 Å². The molecule has 0 amide bonds. The van der Waals surface area contributed by atoms with Crippen LogP contribution >= 0.6 is 15.9 Å². The third kappa shape index (κ3) is 2.57. The number of benzene rings is 2. The van der Waals surface area contributed by atoms with Gasteiger partial charge >= 0.3 is 0 Å². The maximum atomic E-state index is 13.7. The van der Waals surface area contributed by atoms with Crippen LogP contribution in [0.25, 0.3) is 0 Å². The van der Waals surface area contributed by atoms with E-state index >= 15 is 0 Å². The molecule has 1 atom stereocenters. The highest BCUT2D eigenvalue weighted by molar-refractivity contribution is 9.10. The number of nitrogens with two attached hydrogens (primary N) is 1.